The van der Waals surface area contributed by atoms with E-state index >= 15 is 0 Å². The lowest BCUT2D eigenvalue weighted by Crippen LogP contribution is -2.25. The Labute approximate surface area is 143 Å². The Balaban J connectivity index is 1.78. The molecule has 0 saturated heterocycles. The van der Waals surface area contributed by atoms with Crippen LogP contribution in [0.25, 0.3) is 0 Å². The maximum atomic E-state index is 11.9. The SMILES string of the molecule is COC(=O)CC1CCC(Oc2ccc(C(=O)CCCN)cc2)CC1. The summed E-state index contributed by atoms with van der Waals surface area (Å²) in [5.74, 6) is 1.19. The van der Waals surface area contributed by atoms with Gasteiger partial charge in [-0.3, -0.25) is 9.59 Å². The molecule has 0 aromatic heterocycles. The minimum absolute atomic E-state index is 0.121. The maximum absolute atomic E-state index is 11.9. The molecule has 1 saturated carbocycles. The van der Waals surface area contributed by atoms with E-state index in [1.54, 1.807) is 0 Å². The zero-order chi connectivity index (χ0) is 17.4. The third kappa shape index (κ3) is 5.64. The van der Waals surface area contributed by atoms with Crippen LogP contribution >= 0.6 is 0 Å². The van der Waals surface area contributed by atoms with Crippen LogP contribution in [0, 0.1) is 5.92 Å². The molecule has 2 N–H and O–H groups in total. The van der Waals surface area contributed by atoms with Gasteiger partial charge in [0.05, 0.1) is 13.2 Å². The number of hydrogen-bond acceptors (Lipinski definition) is 5. The maximum Gasteiger partial charge on any atom is 0.305 e. The molecule has 0 radical (unpaired) electrons. The van der Waals surface area contributed by atoms with Crippen molar-refractivity contribution in [2.24, 2.45) is 11.7 Å². The third-order valence-corrected chi connectivity index (χ3v) is 4.56. The van der Waals surface area contributed by atoms with Crippen LogP contribution in [-0.4, -0.2) is 31.5 Å². The van der Waals surface area contributed by atoms with Crippen molar-refractivity contribution in [2.45, 2.75) is 51.0 Å². The summed E-state index contributed by atoms with van der Waals surface area (Å²) in [6, 6.07) is 7.35. The highest BCUT2D eigenvalue weighted by atomic mass is 16.5. The van der Waals surface area contributed by atoms with Crippen molar-refractivity contribution in [3.8, 4) is 5.75 Å². The van der Waals surface area contributed by atoms with Gasteiger partial charge in [-0.25, -0.2) is 0 Å². The number of carbonyl (C=O) groups excluding carboxylic acids is 2. The van der Waals surface area contributed by atoms with Crippen LogP contribution in [0.15, 0.2) is 24.3 Å². The number of ether oxygens (including phenoxy) is 2. The first kappa shape index (κ1) is 18.5. The van der Waals surface area contributed by atoms with E-state index < -0.39 is 0 Å². The second-order valence-electron chi connectivity index (χ2n) is 6.38. The van der Waals surface area contributed by atoms with Gasteiger partial charge in [-0.1, -0.05) is 0 Å². The molecule has 2 rings (SSSR count). The van der Waals surface area contributed by atoms with Crippen LogP contribution in [-0.2, 0) is 9.53 Å². The zero-order valence-corrected chi connectivity index (χ0v) is 14.3. The minimum Gasteiger partial charge on any atom is -0.490 e. The largest absolute Gasteiger partial charge is 0.490 e. The molecule has 0 unspecified atom stereocenters. The molecule has 1 aromatic carbocycles. The lowest BCUT2D eigenvalue weighted by molar-refractivity contribution is -0.142. The van der Waals surface area contributed by atoms with Gasteiger partial charge in [0.15, 0.2) is 5.78 Å². The highest BCUT2D eigenvalue weighted by Gasteiger charge is 2.24. The van der Waals surface area contributed by atoms with Gasteiger partial charge in [0.2, 0.25) is 0 Å². The number of ketones is 1. The van der Waals surface area contributed by atoms with E-state index in [9.17, 15) is 9.59 Å². The van der Waals surface area contributed by atoms with Crippen molar-refractivity contribution in [3.63, 3.8) is 0 Å². The van der Waals surface area contributed by atoms with Gasteiger partial charge in [-0.2, -0.15) is 0 Å². The monoisotopic (exact) mass is 333 g/mol. The van der Waals surface area contributed by atoms with E-state index in [0.717, 1.165) is 31.4 Å². The summed E-state index contributed by atoms with van der Waals surface area (Å²) in [6.07, 6.45) is 5.73. The Morgan fingerprint density at radius 3 is 2.38 bits per heavy atom. The second kappa shape index (κ2) is 9.42. The molecule has 0 bridgehead atoms. The van der Waals surface area contributed by atoms with Gasteiger partial charge >= 0.3 is 5.97 Å². The molecule has 5 heteroatoms. The van der Waals surface area contributed by atoms with Crippen LogP contribution in [0.4, 0.5) is 0 Å². The normalized spacial score (nSPS) is 20.4. The third-order valence-electron chi connectivity index (χ3n) is 4.56. The number of esters is 1. The molecular weight excluding hydrogens is 306 g/mol. The van der Waals surface area contributed by atoms with Crippen molar-refractivity contribution in [1.82, 2.24) is 0 Å². The highest BCUT2D eigenvalue weighted by molar-refractivity contribution is 5.96. The summed E-state index contributed by atoms with van der Waals surface area (Å²) in [7, 11) is 1.43. The van der Waals surface area contributed by atoms with Crippen molar-refractivity contribution >= 4 is 11.8 Å². The summed E-state index contributed by atoms with van der Waals surface area (Å²) < 4.78 is 10.7. The molecule has 0 amide bonds. The number of hydrogen-bond donors (Lipinski definition) is 1. The summed E-state index contributed by atoms with van der Waals surface area (Å²) in [5, 5.41) is 0. The van der Waals surface area contributed by atoms with E-state index in [0.29, 0.717) is 37.3 Å². The number of benzene rings is 1. The first-order valence-electron chi connectivity index (χ1n) is 8.69. The minimum atomic E-state index is -0.130. The van der Waals surface area contributed by atoms with Gasteiger partial charge in [-0.05, 0) is 68.8 Å². The lowest BCUT2D eigenvalue weighted by atomic mass is 9.85. The zero-order valence-electron chi connectivity index (χ0n) is 14.3. The van der Waals surface area contributed by atoms with Crippen LogP contribution in [0.2, 0.25) is 0 Å². The molecule has 1 aliphatic rings. The van der Waals surface area contributed by atoms with Crippen molar-refractivity contribution in [2.75, 3.05) is 13.7 Å². The Hall–Kier alpha value is -1.88. The van der Waals surface area contributed by atoms with Gasteiger partial charge in [-0.15, -0.1) is 0 Å². The molecular formula is C19H27NO4. The number of nitrogens with two attached hydrogens (primary N) is 1. The molecule has 132 valence electrons. The fraction of sp³-hybridized carbons (Fsp3) is 0.579. The van der Waals surface area contributed by atoms with E-state index in [4.69, 9.17) is 15.2 Å². The number of carbonyl (C=O) groups is 2. The van der Waals surface area contributed by atoms with E-state index in [-0.39, 0.29) is 17.9 Å². The van der Waals surface area contributed by atoms with E-state index in [1.807, 2.05) is 24.3 Å². The predicted molar refractivity (Wildman–Crippen MR) is 92.1 cm³/mol. The standard InChI is InChI=1S/C19H27NO4/c1-23-19(22)13-14-4-8-16(9-5-14)24-17-10-6-15(7-11-17)18(21)3-2-12-20/h6-7,10-11,14,16H,2-5,8-9,12-13,20H2,1H3. The lowest BCUT2D eigenvalue weighted by Gasteiger charge is -2.28. The van der Waals surface area contributed by atoms with Gasteiger partial charge in [0, 0.05) is 18.4 Å². The Bertz CT molecular complexity index is 533. The number of Topliss-reactive ketones (excluding diaryl/α,β-unsaturated/α-hetero) is 1. The molecule has 0 aliphatic heterocycles. The smallest absolute Gasteiger partial charge is 0.305 e. The molecule has 0 spiro atoms. The summed E-state index contributed by atoms with van der Waals surface area (Å²) in [6.45, 7) is 0.533. The van der Waals surface area contributed by atoms with Crippen LogP contribution in [0.3, 0.4) is 0 Å². The molecule has 1 fully saturated rings. The molecule has 24 heavy (non-hydrogen) atoms. The number of methoxy groups -OCH3 is 1. The highest BCUT2D eigenvalue weighted by Crippen LogP contribution is 2.30. The predicted octanol–water partition coefficient (Wildman–Crippen LogP) is 3.11. The van der Waals surface area contributed by atoms with Gasteiger partial charge in [0.25, 0.3) is 0 Å². The second-order valence-corrected chi connectivity index (χ2v) is 6.38. The quantitative estimate of drug-likeness (QED) is 0.584. The average molecular weight is 333 g/mol. The number of rotatable bonds is 8. The Morgan fingerprint density at radius 2 is 1.79 bits per heavy atom. The first-order valence-corrected chi connectivity index (χ1v) is 8.69. The molecule has 0 atom stereocenters. The Kier molecular flexibility index (Phi) is 7.25. The summed E-state index contributed by atoms with van der Waals surface area (Å²) in [5.41, 5.74) is 6.14. The van der Waals surface area contributed by atoms with Crippen LogP contribution < -0.4 is 10.5 Å². The molecule has 5 nitrogen and oxygen atoms in total. The van der Waals surface area contributed by atoms with Crippen LogP contribution in [0.5, 0.6) is 5.75 Å². The first-order chi connectivity index (χ1) is 11.6. The fourth-order valence-corrected chi connectivity index (χ4v) is 3.09. The molecule has 1 aromatic rings. The fourth-order valence-electron chi connectivity index (χ4n) is 3.09. The molecule has 1 aliphatic carbocycles. The van der Waals surface area contributed by atoms with Gasteiger partial charge < -0.3 is 15.2 Å². The topological polar surface area (TPSA) is 78.6 Å². The van der Waals surface area contributed by atoms with Crippen molar-refractivity contribution in [1.29, 1.82) is 0 Å². The van der Waals surface area contributed by atoms with Crippen molar-refractivity contribution < 1.29 is 19.1 Å². The van der Waals surface area contributed by atoms with E-state index in [2.05, 4.69) is 0 Å². The van der Waals surface area contributed by atoms with Crippen LogP contribution in [0.1, 0.15) is 55.3 Å². The van der Waals surface area contributed by atoms with Crippen molar-refractivity contribution in [3.05, 3.63) is 29.8 Å². The Morgan fingerprint density at radius 1 is 1.12 bits per heavy atom. The summed E-state index contributed by atoms with van der Waals surface area (Å²) in [4.78, 5) is 23.2. The average Bonchev–Trinajstić information content (AvgIpc) is 2.61. The van der Waals surface area contributed by atoms with E-state index in [1.165, 1.54) is 7.11 Å². The molecule has 0 heterocycles. The summed E-state index contributed by atoms with van der Waals surface area (Å²) >= 11 is 0. The van der Waals surface area contributed by atoms with Gasteiger partial charge in [0.1, 0.15) is 5.75 Å².